The first-order valence-electron chi connectivity index (χ1n) is 8.66. The van der Waals surface area contributed by atoms with E-state index >= 15 is 0 Å². The van der Waals surface area contributed by atoms with Crippen LogP contribution in [0.1, 0.15) is 27.9 Å². The molecule has 0 fully saturated rings. The molecule has 1 aliphatic rings. The molecule has 3 aromatic rings. The smallest absolute Gasteiger partial charge is 0.435 e. The number of hydrogen-bond acceptors (Lipinski definition) is 3. The lowest BCUT2D eigenvalue weighted by atomic mass is 9.85. The summed E-state index contributed by atoms with van der Waals surface area (Å²) in [4.78, 5) is 16.4. The van der Waals surface area contributed by atoms with Gasteiger partial charge in [-0.15, -0.1) is 0 Å². The zero-order valence-corrected chi connectivity index (χ0v) is 15.8. The summed E-state index contributed by atoms with van der Waals surface area (Å²) < 4.78 is 56.1. The van der Waals surface area contributed by atoms with Crippen LogP contribution >= 0.6 is 11.6 Å². The Morgan fingerprint density at radius 1 is 1.10 bits per heavy atom. The molecule has 1 atom stereocenters. The number of carboxylic acid groups (broad SMARTS) is 1. The third-order valence-electron chi connectivity index (χ3n) is 4.98. The van der Waals surface area contributed by atoms with Gasteiger partial charge >= 0.3 is 12.1 Å². The molecule has 9 heteroatoms. The zero-order valence-electron chi connectivity index (χ0n) is 15.0. The van der Waals surface area contributed by atoms with E-state index in [1.54, 1.807) is 24.3 Å². The van der Waals surface area contributed by atoms with Crippen LogP contribution in [-0.4, -0.2) is 23.0 Å². The molecule has 0 spiro atoms. The van der Waals surface area contributed by atoms with E-state index < -0.39 is 35.5 Å². The molecule has 0 saturated heterocycles. The van der Waals surface area contributed by atoms with E-state index in [0.717, 1.165) is 12.1 Å². The van der Waals surface area contributed by atoms with Crippen LogP contribution in [-0.2, 0) is 10.4 Å². The SMILES string of the molecule is O=C(O)c1ccc(C2=NOC(c3cc(F)cc(Cl)c3)(C(F)(F)F)C2)c2ccccc12. The molecule has 1 N–H and O–H groups in total. The Hall–Kier alpha value is -3.13. The summed E-state index contributed by atoms with van der Waals surface area (Å²) >= 11 is 5.76. The van der Waals surface area contributed by atoms with Crippen molar-refractivity contribution in [2.45, 2.75) is 18.2 Å². The summed E-state index contributed by atoms with van der Waals surface area (Å²) in [5, 5.41) is 13.6. The van der Waals surface area contributed by atoms with E-state index in [-0.39, 0.29) is 16.3 Å². The first kappa shape index (κ1) is 20.2. The van der Waals surface area contributed by atoms with Crippen LogP contribution in [0.4, 0.5) is 17.6 Å². The molecule has 1 aliphatic heterocycles. The van der Waals surface area contributed by atoms with Gasteiger partial charge in [0.25, 0.3) is 5.60 Å². The Bertz CT molecular complexity index is 1190. The van der Waals surface area contributed by atoms with Gasteiger partial charge in [0, 0.05) is 22.6 Å². The lowest BCUT2D eigenvalue weighted by Crippen LogP contribution is -2.42. The Morgan fingerprint density at radius 2 is 1.80 bits per heavy atom. The minimum absolute atomic E-state index is 0.00728. The van der Waals surface area contributed by atoms with Crippen molar-refractivity contribution in [3.05, 3.63) is 82.1 Å². The van der Waals surface area contributed by atoms with E-state index in [2.05, 4.69) is 5.16 Å². The second-order valence-electron chi connectivity index (χ2n) is 6.80. The number of benzene rings is 3. The van der Waals surface area contributed by atoms with Crippen LogP contribution in [0.5, 0.6) is 0 Å². The van der Waals surface area contributed by atoms with E-state index in [1.165, 1.54) is 12.1 Å². The Labute approximate surface area is 172 Å². The van der Waals surface area contributed by atoms with Gasteiger partial charge in [0.05, 0.1) is 11.3 Å². The number of hydrogen-bond donors (Lipinski definition) is 1. The molecule has 0 bridgehead atoms. The molecule has 154 valence electrons. The maximum Gasteiger partial charge on any atom is 0.435 e. The van der Waals surface area contributed by atoms with Crippen molar-refractivity contribution in [2.24, 2.45) is 5.16 Å². The number of carbonyl (C=O) groups is 1. The Kier molecular flexibility index (Phi) is 4.69. The lowest BCUT2D eigenvalue weighted by Gasteiger charge is -2.29. The summed E-state index contributed by atoms with van der Waals surface area (Å²) in [6.07, 6.45) is -5.65. The number of halogens is 5. The molecule has 0 amide bonds. The maximum absolute atomic E-state index is 14.1. The highest BCUT2D eigenvalue weighted by Crippen LogP contribution is 2.49. The van der Waals surface area contributed by atoms with Crippen molar-refractivity contribution in [1.29, 1.82) is 0 Å². The molecule has 3 aromatic carbocycles. The van der Waals surface area contributed by atoms with Gasteiger partial charge in [0.15, 0.2) is 0 Å². The Balaban J connectivity index is 1.84. The number of aromatic carboxylic acids is 1. The zero-order chi connectivity index (χ0) is 21.7. The summed E-state index contributed by atoms with van der Waals surface area (Å²) in [7, 11) is 0. The van der Waals surface area contributed by atoms with Crippen LogP contribution in [0.25, 0.3) is 10.8 Å². The summed E-state index contributed by atoms with van der Waals surface area (Å²) in [5.41, 5.74) is -3.16. The highest BCUT2D eigenvalue weighted by Gasteiger charge is 2.62. The van der Waals surface area contributed by atoms with E-state index in [4.69, 9.17) is 16.4 Å². The summed E-state index contributed by atoms with van der Waals surface area (Å²) in [6, 6.07) is 11.7. The first-order chi connectivity index (χ1) is 14.1. The Morgan fingerprint density at radius 3 is 2.43 bits per heavy atom. The van der Waals surface area contributed by atoms with E-state index in [1.807, 2.05) is 0 Å². The van der Waals surface area contributed by atoms with Gasteiger partial charge in [-0.3, -0.25) is 0 Å². The third kappa shape index (κ3) is 3.17. The largest absolute Gasteiger partial charge is 0.478 e. The van der Waals surface area contributed by atoms with Gasteiger partial charge in [-0.2, -0.15) is 13.2 Å². The van der Waals surface area contributed by atoms with E-state index in [0.29, 0.717) is 22.4 Å². The van der Waals surface area contributed by atoms with Gasteiger partial charge in [0.2, 0.25) is 0 Å². The molecule has 1 unspecified atom stereocenters. The minimum Gasteiger partial charge on any atom is -0.478 e. The number of alkyl halides is 3. The molecule has 0 radical (unpaired) electrons. The van der Waals surface area contributed by atoms with Gasteiger partial charge < -0.3 is 9.94 Å². The van der Waals surface area contributed by atoms with Crippen LogP contribution in [0.15, 0.2) is 59.8 Å². The van der Waals surface area contributed by atoms with Crippen molar-refractivity contribution < 1.29 is 32.3 Å². The minimum atomic E-state index is -4.92. The fourth-order valence-electron chi connectivity index (χ4n) is 3.57. The molecule has 30 heavy (non-hydrogen) atoms. The van der Waals surface area contributed by atoms with Crippen LogP contribution < -0.4 is 0 Å². The summed E-state index contributed by atoms with van der Waals surface area (Å²) in [6.45, 7) is 0. The molecular weight excluding hydrogens is 426 g/mol. The molecular formula is C21H12ClF4NO3. The van der Waals surface area contributed by atoms with Gasteiger partial charge in [0.1, 0.15) is 5.82 Å². The molecule has 1 heterocycles. The molecule has 0 aromatic heterocycles. The predicted molar refractivity (Wildman–Crippen MR) is 102 cm³/mol. The number of oxime groups is 1. The van der Waals surface area contributed by atoms with Gasteiger partial charge in [-0.05, 0) is 35.0 Å². The maximum atomic E-state index is 14.1. The molecule has 0 saturated carbocycles. The van der Waals surface area contributed by atoms with Crippen LogP contribution in [0, 0.1) is 5.82 Å². The van der Waals surface area contributed by atoms with E-state index in [9.17, 15) is 27.5 Å². The summed E-state index contributed by atoms with van der Waals surface area (Å²) in [5.74, 6) is -2.10. The highest BCUT2D eigenvalue weighted by atomic mass is 35.5. The second kappa shape index (κ2) is 6.98. The number of rotatable bonds is 3. The van der Waals surface area contributed by atoms with Crippen LogP contribution in [0.3, 0.4) is 0 Å². The van der Waals surface area contributed by atoms with Crippen molar-refractivity contribution in [1.82, 2.24) is 0 Å². The standard InChI is InChI=1S/C21H12ClF4NO3/c22-12-7-11(8-13(23)9-12)20(21(24,25)26)10-18(27-30-20)16-5-6-17(19(28)29)15-4-2-1-3-14(15)16/h1-9H,10H2,(H,28,29). The monoisotopic (exact) mass is 437 g/mol. The first-order valence-corrected chi connectivity index (χ1v) is 9.04. The molecule has 0 aliphatic carbocycles. The van der Waals surface area contributed by atoms with Gasteiger partial charge in [-0.25, -0.2) is 9.18 Å². The van der Waals surface area contributed by atoms with Crippen molar-refractivity contribution in [3.8, 4) is 0 Å². The number of fused-ring (bicyclic) bond motifs is 1. The average Bonchev–Trinajstić information content (AvgIpc) is 3.13. The quantitative estimate of drug-likeness (QED) is 0.518. The third-order valence-corrected chi connectivity index (χ3v) is 5.20. The van der Waals surface area contributed by atoms with Crippen molar-refractivity contribution >= 4 is 34.1 Å². The topological polar surface area (TPSA) is 58.9 Å². The molecule has 4 nitrogen and oxygen atoms in total. The number of nitrogens with zero attached hydrogens (tertiary/aromatic N) is 1. The lowest BCUT2D eigenvalue weighted by molar-refractivity contribution is -0.275. The van der Waals surface area contributed by atoms with Crippen molar-refractivity contribution in [3.63, 3.8) is 0 Å². The fourth-order valence-corrected chi connectivity index (χ4v) is 3.79. The highest BCUT2D eigenvalue weighted by molar-refractivity contribution is 6.30. The van der Waals surface area contributed by atoms with Crippen molar-refractivity contribution in [2.75, 3.05) is 0 Å². The van der Waals surface area contributed by atoms with Gasteiger partial charge in [-0.1, -0.05) is 47.1 Å². The fraction of sp³-hybridized carbons (Fsp3) is 0.143. The second-order valence-corrected chi connectivity index (χ2v) is 7.24. The predicted octanol–water partition coefficient (Wildman–Crippen LogP) is 5.91. The van der Waals surface area contributed by atoms with Crippen LogP contribution in [0.2, 0.25) is 5.02 Å². The molecule has 4 rings (SSSR count). The number of carboxylic acids is 1. The normalized spacial score (nSPS) is 18.9. The average molecular weight is 438 g/mol.